The topological polar surface area (TPSA) is 77.0 Å². The van der Waals surface area contributed by atoms with E-state index in [4.69, 9.17) is 0 Å². The molecule has 0 aromatic carbocycles. The van der Waals surface area contributed by atoms with Crippen LogP contribution in [-0.4, -0.2) is 31.0 Å². The monoisotopic (exact) mass is 202 g/mol. The summed E-state index contributed by atoms with van der Waals surface area (Å²) in [5.41, 5.74) is 2.12. The molecule has 0 aliphatic heterocycles. The number of hydrazone groups is 1. The van der Waals surface area contributed by atoms with Crippen molar-refractivity contribution in [3.8, 4) is 0 Å². The SMILES string of the molecule is CCOC(=O)NN=C(C)C(=O)OCC. The normalized spacial score (nSPS) is 10.6. The van der Waals surface area contributed by atoms with E-state index < -0.39 is 12.1 Å². The van der Waals surface area contributed by atoms with Crippen LogP contribution in [0.25, 0.3) is 0 Å². The average molecular weight is 202 g/mol. The molecule has 0 heterocycles. The number of nitrogens with zero attached hydrogens (tertiary/aromatic N) is 1. The molecule has 14 heavy (non-hydrogen) atoms. The highest BCUT2D eigenvalue weighted by Crippen LogP contribution is 1.84. The Morgan fingerprint density at radius 1 is 1.21 bits per heavy atom. The molecule has 1 N–H and O–H groups in total. The first-order valence-corrected chi connectivity index (χ1v) is 4.26. The van der Waals surface area contributed by atoms with Gasteiger partial charge in [0.05, 0.1) is 13.2 Å². The molecule has 0 bridgehead atoms. The van der Waals surface area contributed by atoms with Crippen molar-refractivity contribution < 1.29 is 19.1 Å². The minimum Gasteiger partial charge on any atom is -0.461 e. The third-order valence-electron chi connectivity index (χ3n) is 1.16. The smallest absolute Gasteiger partial charge is 0.427 e. The fourth-order valence-electron chi connectivity index (χ4n) is 0.574. The molecule has 0 aromatic rings. The molecule has 0 atom stereocenters. The first-order valence-electron chi connectivity index (χ1n) is 4.26. The molecule has 1 amide bonds. The summed E-state index contributed by atoms with van der Waals surface area (Å²) in [6.07, 6.45) is -0.698. The van der Waals surface area contributed by atoms with E-state index in [9.17, 15) is 9.59 Å². The standard InChI is InChI=1S/C8H14N2O4/c1-4-13-7(11)6(3)9-10-8(12)14-5-2/h4-5H2,1-3H3,(H,10,12). The number of hydrogen-bond acceptors (Lipinski definition) is 5. The average Bonchev–Trinajstić information content (AvgIpc) is 2.15. The maximum Gasteiger partial charge on any atom is 0.427 e. The van der Waals surface area contributed by atoms with Crippen LogP contribution in [0.2, 0.25) is 0 Å². The molecule has 0 unspecified atom stereocenters. The van der Waals surface area contributed by atoms with E-state index in [1.807, 2.05) is 5.43 Å². The summed E-state index contributed by atoms with van der Waals surface area (Å²) in [5, 5.41) is 3.48. The van der Waals surface area contributed by atoms with Gasteiger partial charge < -0.3 is 9.47 Å². The number of ether oxygens (including phenoxy) is 2. The summed E-state index contributed by atoms with van der Waals surface area (Å²) in [6, 6.07) is 0. The first kappa shape index (κ1) is 12.4. The minimum absolute atomic E-state index is 0.0694. The molecule has 0 fully saturated rings. The number of hydrogen-bond donors (Lipinski definition) is 1. The first-order chi connectivity index (χ1) is 6.61. The Labute approximate surface area is 82.3 Å². The van der Waals surface area contributed by atoms with Gasteiger partial charge in [-0.25, -0.2) is 15.0 Å². The van der Waals surface area contributed by atoms with E-state index in [-0.39, 0.29) is 18.9 Å². The van der Waals surface area contributed by atoms with Crippen molar-refractivity contribution in [1.29, 1.82) is 0 Å². The molecule has 0 rings (SSSR count). The van der Waals surface area contributed by atoms with Crippen LogP contribution in [0, 0.1) is 0 Å². The van der Waals surface area contributed by atoms with Crippen LogP contribution in [0.1, 0.15) is 20.8 Å². The summed E-state index contributed by atoms with van der Waals surface area (Å²) in [5.74, 6) is -0.565. The van der Waals surface area contributed by atoms with Crippen LogP contribution >= 0.6 is 0 Å². The predicted molar refractivity (Wildman–Crippen MR) is 49.9 cm³/mol. The lowest BCUT2D eigenvalue weighted by Gasteiger charge is -2.02. The van der Waals surface area contributed by atoms with E-state index in [0.717, 1.165) is 0 Å². The van der Waals surface area contributed by atoms with Gasteiger partial charge in [-0.1, -0.05) is 0 Å². The van der Waals surface area contributed by atoms with E-state index in [2.05, 4.69) is 14.6 Å². The minimum atomic E-state index is -0.698. The molecule has 0 spiro atoms. The summed E-state index contributed by atoms with van der Waals surface area (Å²) in [4.78, 5) is 21.7. The maximum atomic E-state index is 11.0. The van der Waals surface area contributed by atoms with Gasteiger partial charge in [0.2, 0.25) is 0 Å². The van der Waals surface area contributed by atoms with Gasteiger partial charge in [0.15, 0.2) is 0 Å². The van der Waals surface area contributed by atoms with Crippen LogP contribution in [0.3, 0.4) is 0 Å². The van der Waals surface area contributed by atoms with Crippen LogP contribution in [-0.2, 0) is 14.3 Å². The number of esters is 1. The largest absolute Gasteiger partial charge is 0.461 e. The summed E-state index contributed by atoms with van der Waals surface area (Å²) < 4.78 is 9.16. The molecule has 0 aromatic heterocycles. The molecular weight excluding hydrogens is 188 g/mol. The zero-order chi connectivity index (χ0) is 11.0. The number of amides is 1. The summed E-state index contributed by atoms with van der Waals surface area (Å²) >= 11 is 0. The Hall–Kier alpha value is -1.59. The van der Waals surface area contributed by atoms with Crippen molar-refractivity contribution in [2.24, 2.45) is 5.10 Å². The third kappa shape index (κ3) is 5.13. The van der Waals surface area contributed by atoms with Crippen molar-refractivity contribution in [3.63, 3.8) is 0 Å². The molecule has 0 saturated carbocycles. The number of carbonyl (C=O) groups excluding carboxylic acids is 2. The third-order valence-corrected chi connectivity index (χ3v) is 1.16. The van der Waals surface area contributed by atoms with E-state index in [0.29, 0.717) is 0 Å². The summed E-state index contributed by atoms with van der Waals surface area (Å²) in [7, 11) is 0. The fraction of sp³-hybridized carbons (Fsp3) is 0.625. The van der Waals surface area contributed by atoms with Gasteiger partial charge in [0.1, 0.15) is 5.71 Å². The van der Waals surface area contributed by atoms with Crippen molar-refractivity contribution in [3.05, 3.63) is 0 Å². The zero-order valence-corrected chi connectivity index (χ0v) is 8.49. The molecule has 0 radical (unpaired) electrons. The van der Waals surface area contributed by atoms with Crippen molar-refractivity contribution in [2.75, 3.05) is 13.2 Å². The Balaban J connectivity index is 3.98. The summed E-state index contributed by atoms with van der Waals surface area (Å²) in [6.45, 7) is 5.31. The Morgan fingerprint density at radius 3 is 2.29 bits per heavy atom. The lowest BCUT2D eigenvalue weighted by atomic mass is 10.4. The molecule has 0 aliphatic carbocycles. The van der Waals surface area contributed by atoms with Crippen LogP contribution in [0.15, 0.2) is 5.10 Å². The second-order valence-electron chi connectivity index (χ2n) is 2.25. The number of nitrogens with one attached hydrogen (secondary N) is 1. The predicted octanol–water partition coefficient (Wildman–Crippen LogP) is 0.671. The quantitative estimate of drug-likeness (QED) is 0.413. The second-order valence-corrected chi connectivity index (χ2v) is 2.25. The highest BCUT2D eigenvalue weighted by atomic mass is 16.6. The van der Waals surface area contributed by atoms with Gasteiger partial charge in [-0.15, -0.1) is 0 Å². The van der Waals surface area contributed by atoms with E-state index in [1.165, 1.54) is 6.92 Å². The van der Waals surface area contributed by atoms with Crippen molar-refractivity contribution >= 4 is 17.8 Å². The van der Waals surface area contributed by atoms with E-state index >= 15 is 0 Å². The van der Waals surface area contributed by atoms with Gasteiger partial charge in [-0.05, 0) is 20.8 Å². The highest BCUT2D eigenvalue weighted by molar-refractivity contribution is 6.35. The van der Waals surface area contributed by atoms with Gasteiger partial charge in [-0.3, -0.25) is 0 Å². The van der Waals surface area contributed by atoms with E-state index in [1.54, 1.807) is 13.8 Å². The van der Waals surface area contributed by atoms with Crippen LogP contribution in [0.5, 0.6) is 0 Å². The zero-order valence-electron chi connectivity index (χ0n) is 8.49. The lowest BCUT2D eigenvalue weighted by molar-refractivity contribution is -0.135. The van der Waals surface area contributed by atoms with Gasteiger partial charge >= 0.3 is 12.1 Å². The molecule has 0 saturated heterocycles. The van der Waals surface area contributed by atoms with Gasteiger partial charge in [-0.2, -0.15) is 5.10 Å². The molecular formula is C8H14N2O4. The van der Waals surface area contributed by atoms with Gasteiger partial charge in [0.25, 0.3) is 0 Å². The number of rotatable bonds is 4. The molecule has 80 valence electrons. The van der Waals surface area contributed by atoms with Crippen LogP contribution in [0.4, 0.5) is 4.79 Å². The second kappa shape index (κ2) is 6.88. The highest BCUT2D eigenvalue weighted by Gasteiger charge is 2.07. The Kier molecular flexibility index (Phi) is 6.09. The maximum absolute atomic E-state index is 11.0. The number of carbonyl (C=O) groups is 2. The fourth-order valence-corrected chi connectivity index (χ4v) is 0.574. The molecule has 6 heteroatoms. The molecule has 6 nitrogen and oxygen atoms in total. The Morgan fingerprint density at radius 2 is 1.79 bits per heavy atom. The Bertz CT molecular complexity index is 237. The lowest BCUT2D eigenvalue weighted by Crippen LogP contribution is -2.23. The molecule has 0 aliphatic rings. The van der Waals surface area contributed by atoms with Crippen LogP contribution < -0.4 is 5.43 Å². The van der Waals surface area contributed by atoms with Crippen molar-refractivity contribution in [2.45, 2.75) is 20.8 Å². The van der Waals surface area contributed by atoms with Gasteiger partial charge in [0, 0.05) is 0 Å². The van der Waals surface area contributed by atoms with Crippen molar-refractivity contribution in [1.82, 2.24) is 5.43 Å².